The van der Waals surface area contributed by atoms with E-state index in [1.807, 2.05) is 13.8 Å². The predicted octanol–water partition coefficient (Wildman–Crippen LogP) is 0.868. The molecule has 0 saturated heterocycles. The minimum absolute atomic E-state index is 0.225. The second-order valence-electron chi connectivity index (χ2n) is 4.34. The number of carboxylic acid groups (broad SMARTS) is 1. The molecule has 0 radical (unpaired) electrons. The van der Waals surface area contributed by atoms with Crippen molar-refractivity contribution in [2.75, 3.05) is 13.7 Å². The van der Waals surface area contributed by atoms with Crippen LogP contribution in [0.15, 0.2) is 0 Å². The Bertz CT molecular complexity index is 267. The molecular weight excluding hydrogens is 194 g/mol. The van der Waals surface area contributed by atoms with Crippen LogP contribution in [0.3, 0.4) is 0 Å². The molecule has 0 rings (SSSR count). The van der Waals surface area contributed by atoms with Gasteiger partial charge in [-0.1, -0.05) is 5.92 Å². The number of ether oxygens (including phenoxy) is 1. The summed E-state index contributed by atoms with van der Waals surface area (Å²) in [6.45, 7) is 5.51. The monoisotopic (exact) mass is 213 g/mol. The van der Waals surface area contributed by atoms with Crippen molar-refractivity contribution in [1.29, 1.82) is 0 Å². The van der Waals surface area contributed by atoms with Crippen LogP contribution in [0.2, 0.25) is 0 Å². The van der Waals surface area contributed by atoms with E-state index < -0.39 is 17.1 Å². The molecule has 0 aromatic carbocycles. The summed E-state index contributed by atoms with van der Waals surface area (Å²) in [6.07, 6.45) is 5.44. The van der Waals surface area contributed by atoms with Gasteiger partial charge in [0, 0.05) is 13.5 Å². The lowest BCUT2D eigenvalue weighted by molar-refractivity contribution is -0.147. The van der Waals surface area contributed by atoms with Gasteiger partial charge < -0.3 is 9.84 Å². The summed E-state index contributed by atoms with van der Waals surface area (Å²) in [5, 5.41) is 12.0. The fourth-order valence-corrected chi connectivity index (χ4v) is 1.38. The topological polar surface area (TPSA) is 58.6 Å². The smallest absolute Gasteiger partial charge is 0.323 e. The van der Waals surface area contributed by atoms with Crippen LogP contribution in [0, 0.1) is 12.3 Å². The molecule has 1 unspecified atom stereocenters. The maximum absolute atomic E-state index is 11.1. The quantitative estimate of drug-likeness (QED) is 0.643. The van der Waals surface area contributed by atoms with Gasteiger partial charge >= 0.3 is 5.97 Å². The highest BCUT2D eigenvalue weighted by atomic mass is 16.5. The number of hydrogen-bond donors (Lipinski definition) is 2. The van der Waals surface area contributed by atoms with E-state index in [0.717, 1.165) is 0 Å². The number of methoxy groups -OCH3 is 1. The first-order chi connectivity index (χ1) is 6.77. The van der Waals surface area contributed by atoms with E-state index in [1.165, 1.54) is 0 Å². The average molecular weight is 213 g/mol. The Morgan fingerprint density at radius 2 is 2.07 bits per heavy atom. The molecule has 0 aliphatic rings. The minimum Gasteiger partial charge on any atom is -0.480 e. The fourth-order valence-electron chi connectivity index (χ4n) is 1.38. The zero-order valence-corrected chi connectivity index (χ0v) is 9.76. The largest absolute Gasteiger partial charge is 0.480 e. The summed E-state index contributed by atoms with van der Waals surface area (Å²) in [4.78, 5) is 11.1. The van der Waals surface area contributed by atoms with E-state index in [9.17, 15) is 4.79 Å². The van der Waals surface area contributed by atoms with Crippen molar-refractivity contribution < 1.29 is 14.6 Å². The van der Waals surface area contributed by atoms with Crippen LogP contribution in [0.25, 0.3) is 0 Å². The zero-order valence-electron chi connectivity index (χ0n) is 9.76. The highest BCUT2D eigenvalue weighted by Crippen LogP contribution is 2.23. The molecule has 0 aliphatic heterocycles. The van der Waals surface area contributed by atoms with Gasteiger partial charge in [-0.2, -0.15) is 0 Å². The van der Waals surface area contributed by atoms with Crippen molar-refractivity contribution in [2.45, 2.75) is 38.3 Å². The molecule has 0 aromatic rings. The third-order valence-electron chi connectivity index (χ3n) is 2.38. The summed E-state index contributed by atoms with van der Waals surface area (Å²) in [7, 11) is 1.56. The van der Waals surface area contributed by atoms with Crippen LogP contribution in [0.4, 0.5) is 0 Å². The standard InChI is InChI=1S/C11H19NO3/c1-6-7-12-11(4,9(13)14)8-10(2,3)15-5/h1,12H,7-8H2,2-5H3,(H,13,14). The SMILES string of the molecule is C#CCNC(C)(CC(C)(C)OC)C(=O)O. The second kappa shape index (κ2) is 5.15. The van der Waals surface area contributed by atoms with Gasteiger partial charge in [-0.3, -0.25) is 10.1 Å². The van der Waals surface area contributed by atoms with E-state index in [1.54, 1.807) is 14.0 Å². The van der Waals surface area contributed by atoms with Crippen molar-refractivity contribution in [3.63, 3.8) is 0 Å². The maximum atomic E-state index is 11.1. The van der Waals surface area contributed by atoms with Crippen molar-refractivity contribution in [3.8, 4) is 12.3 Å². The number of aliphatic carboxylic acids is 1. The maximum Gasteiger partial charge on any atom is 0.323 e. The highest BCUT2D eigenvalue weighted by molar-refractivity contribution is 5.78. The third kappa shape index (κ3) is 4.32. The van der Waals surface area contributed by atoms with Gasteiger partial charge in [-0.25, -0.2) is 0 Å². The molecular formula is C11H19NO3. The Hall–Kier alpha value is -1.05. The van der Waals surface area contributed by atoms with E-state index in [2.05, 4.69) is 11.2 Å². The van der Waals surface area contributed by atoms with Crippen molar-refractivity contribution >= 4 is 5.97 Å². The van der Waals surface area contributed by atoms with Crippen molar-refractivity contribution in [3.05, 3.63) is 0 Å². The molecule has 0 fully saturated rings. The Labute approximate surface area is 91.0 Å². The first kappa shape index (κ1) is 13.9. The van der Waals surface area contributed by atoms with Crippen LogP contribution in [-0.4, -0.2) is 35.9 Å². The molecule has 15 heavy (non-hydrogen) atoms. The molecule has 0 heterocycles. The summed E-state index contributed by atoms with van der Waals surface area (Å²) in [5.41, 5.74) is -1.57. The molecule has 0 aliphatic carbocycles. The van der Waals surface area contributed by atoms with Gasteiger partial charge in [0.05, 0.1) is 12.1 Å². The Morgan fingerprint density at radius 1 is 1.53 bits per heavy atom. The third-order valence-corrected chi connectivity index (χ3v) is 2.38. The van der Waals surface area contributed by atoms with Crippen molar-refractivity contribution in [1.82, 2.24) is 5.32 Å². The fraction of sp³-hybridized carbons (Fsp3) is 0.727. The number of rotatable bonds is 6. The summed E-state index contributed by atoms with van der Waals surface area (Å²) in [6, 6.07) is 0. The number of hydrogen-bond acceptors (Lipinski definition) is 3. The molecule has 0 amide bonds. The van der Waals surface area contributed by atoms with Gasteiger partial charge in [0.15, 0.2) is 0 Å². The van der Waals surface area contributed by atoms with Gasteiger partial charge in [-0.05, 0) is 20.8 Å². The van der Waals surface area contributed by atoms with E-state index in [4.69, 9.17) is 16.3 Å². The van der Waals surface area contributed by atoms with Crippen LogP contribution >= 0.6 is 0 Å². The highest BCUT2D eigenvalue weighted by Gasteiger charge is 2.38. The first-order valence-electron chi connectivity index (χ1n) is 4.74. The molecule has 4 nitrogen and oxygen atoms in total. The predicted molar refractivity (Wildman–Crippen MR) is 58.6 cm³/mol. The zero-order chi connectivity index (χ0) is 12.1. The molecule has 0 saturated carbocycles. The molecule has 4 heteroatoms. The van der Waals surface area contributed by atoms with E-state index in [0.29, 0.717) is 6.42 Å². The number of carbonyl (C=O) groups is 1. The van der Waals surface area contributed by atoms with E-state index >= 15 is 0 Å². The Morgan fingerprint density at radius 3 is 2.40 bits per heavy atom. The number of carboxylic acids is 1. The van der Waals surface area contributed by atoms with Crippen LogP contribution in [0.5, 0.6) is 0 Å². The van der Waals surface area contributed by atoms with Crippen molar-refractivity contribution in [2.24, 2.45) is 0 Å². The first-order valence-corrected chi connectivity index (χ1v) is 4.74. The Balaban J connectivity index is 4.67. The lowest BCUT2D eigenvalue weighted by Gasteiger charge is -2.33. The van der Waals surface area contributed by atoms with Gasteiger partial charge in [-0.15, -0.1) is 6.42 Å². The van der Waals surface area contributed by atoms with E-state index in [-0.39, 0.29) is 6.54 Å². The number of nitrogens with one attached hydrogen (secondary N) is 1. The molecule has 2 N–H and O–H groups in total. The normalized spacial score (nSPS) is 15.4. The molecule has 0 bridgehead atoms. The van der Waals surface area contributed by atoms with Crippen LogP contribution in [-0.2, 0) is 9.53 Å². The van der Waals surface area contributed by atoms with Gasteiger partial charge in [0.2, 0.25) is 0 Å². The molecule has 86 valence electrons. The summed E-state index contributed by atoms with van der Waals surface area (Å²) < 4.78 is 5.21. The summed E-state index contributed by atoms with van der Waals surface area (Å²) in [5.74, 6) is 1.44. The average Bonchev–Trinajstić information content (AvgIpc) is 2.14. The van der Waals surface area contributed by atoms with Gasteiger partial charge in [0.25, 0.3) is 0 Å². The molecule has 1 atom stereocenters. The lowest BCUT2D eigenvalue weighted by Crippen LogP contribution is -2.53. The van der Waals surface area contributed by atoms with Gasteiger partial charge in [0.1, 0.15) is 5.54 Å². The molecule has 0 aromatic heterocycles. The number of terminal acetylenes is 1. The van der Waals surface area contributed by atoms with Crippen LogP contribution < -0.4 is 5.32 Å². The Kier molecular flexibility index (Phi) is 4.79. The lowest BCUT2D eigenvalue weighted by atomic mass is 9.87. The second-order valence-corrected chi connectivity index (χ2v) is 4.34. The summed E-state index contributed by atoms with van der Waals surface area (Å²) >= 11 is 0. The van der Waals surface area contributed by atoms with Crippen LogP contribution in [0.1, 0.15) is 27.2 Å². The minimum atomic E-state index is -1.06. The molecule has 0 spiro atoms.